The molecule has 0 heterocycles. The van der Waals surface area contributed by atoms with Crippen LogP contribution in [-0.2, 0) is 9.59 Å². The number of aliphatic hydroxyl groups is 3. The van der Waals surface area contributed by atoms with Crippen molar-refractivity contribution in [2.45, 2.75) is 89.3 Å². The predicted molar refractivity (Wildman–Crippen MR) is 107 cm³/mol. The number of unbranched alkanes of at least 4 members (excludes halogenated alkanes) is 3. The molecular formula is C22H37FO5. The van der Waals surface area contributed by atoms with Crippen LogP contribution in [0.1, 0.15) is 77.6 Å². The molecule has 0 aromatic carbocycles. The highest BCUT2D eigenvalue weighted by Crippen LogP contribution is 2.37. The quantitative estimate of drug-likeness (QED) is 0.290. The van der Waals surface area contributed by atoms with Gasteiger partial charge in [0.1, 0.15) is 19.1 Å². The van der Waals surface area contributed by atoms with Gasteiger partial charge in [-0.15, -0.1) is 0 Å². The highest BCUT2D eigenvalue weighted by Gasteiger charge is 2.40. The Kier molecular flexibility index (Phi) is 11.7. The molecule has 4 atom stereocenters. The molecule has 0 amide bonds. The van der Waals surface area contributed by atoms with Crippen molar-refractivity contribution in [3.8, 4) is 0 Å². The van der Waals surface area contributed by atoms with Gasteiger partial charge in [0.05, 0.1) is 11.7 Å². The van der Waals surface area contributed by atoms with E-state index in [1.54, 1.807) is 6.08 Å². The van der Waals surface area contributed by atoms with Crippen molar-refractivity contribution in [2.75, 3.05) is 13.3 Å². The molecule has 5 nitrogen and oxygen atoms in total. The molecule has 0 spiro atoms. The third-order valence-electron chi connectivity index (χ3n) is 5.85. The first-order valence-corrected chi connectivity index (χ1v) is 10.7. The van der Waals surface area contributed by atoms with Crippen molar-refractivity contribution >= 4 is 11.6 Å². The highest BCUT2D eigenvalue weighted by atomic mass is 19.1. The van der Waals surface area contributed by atoms with Crippen LogP contribution in [0.15, 0.2) is 12.2 Å². The number of carbonyl (C=O) groups excluding carboxylic acids is 2. The van der Waals surface area contributed by atoms with Gasteiger partial charge in [-0.1, -0.05) is 38.7 Å². The number of Topliss-reactive ketones (excluding diaryl/α,β-unsaturated/α-hetero) is 1. The Hall–Kier alpha value is -1.11. The van der Waals surface area contributed by atoms with E-state index in [2.05, 4.69) is 0 Å². The van der Waals surface area contributed by atoms with Crippen molar-refractivity contribution in [1.82, 2.24) is 0 Å². The van der Waals surface area contributed by atoms with Crippen LogP contribution in [-0.4, -0.2) is 51.9 Å². The number of rotatable bonds is 15. The van der Waals surface area contributed by atoms with Gasteiger partial charge in [-0.25, -0.2) is 4.39 Å². The number of hydrogen-bond donors (Lipinski definition) is 3. The average molecular weight is 401 g/mol. The Morgan fingerprint density at radius 2 is 1.93 bits per heavy atom. The van der Waals surface area contributed by atoms with Crippen LogP contribution in [0.5, 0.6) is 0 Å². The largest absolute Gasteiger partial charge is 0.392 e. The number of halogens is 1. The Balaban J connectivity index is 2.43. The smallest absolute Gasteiger partial charge is 0.180 e. The maximum absolute atomic E-state index is 13.2. The molecule has 1 fully saturated rings. The van der Waals surface area contributed by atoms with Crippen molar-refractivity contribution in [2.24, 2.45) is 11.8 Å². The molecule has 0 radical (unpaired) electrons. The summed E-state index contributed by atoms with van der Waals surface area (Å²) in [5.41, 5.74) is -1.28. The standard InChI is InChI=1S/C22H37FO5/c1-2-3-12-22(28,16-23)13-8-11-19-18(20(26)14-21(19)27)10-7-5-4-6-9-17(25)15-24/h6,9,18-19,21,24,27-28H,2-5,7-8,10-16H2,1H3/t18-,19-,21-,22?/m1/s1. The van der Waals surface area contributed by atoms with Crippen molar-refractivity contribution in [3.05, 3.63) is 12.2 Å². The topological polar surface area (TPSA) is 94.8 Å². The minimum Gasteiger partial charge on any atom is -0.392 e. The second-order valence-electron chi connectivity index (χ2n) is 8.17. The summed E-state index contributed by atoms with van der Waals surface area (Å²) in [5.74, 6) is -0.516. The summed E-state index contributed by atoms with van der Waals surface area (Å²) in [6.45, 7) is 0.765. The van der Waals surface area contributed by atoms with Crippen LogP contribution < -0.4 is 0 Å². The third-order valence-corrected chi connectivity index (χ3v) is 5.85. The zero-order valence-corrected chi connectivity index (χ0v) is 17.1. The number of alkyl halides is 1. The molecule has 0 aromatic heterocycles. The SMILES string of the molecule is CCCCC(O)(CF)CCC[C@H]1[C@H](O)CC(=O)[C@@H]1CCCCC=CC(=O)CO. The molecule has 0 aliphatic heterocycles. The zero-order valence-electron chi connectivity index (χ0n) is 17.1. The normalized spacial score (nSPS) is 24.8. The van der Waals surface area contributed by atoms with Crippen LogP contribution in [0.3, 0.4) is 0 Å². The lowest BCUT2D eigenvalue weighted by atomic mass is 9.83. The van der Waals surface area contributed by atoms with Gasteiger partial charge in [0.2, 0.25) is 0 Å². The summed E-state index contributed by atoms with van der Waals surface area (Å²) in [5, 5.41) is 29.2. The van der Waals surface area contributed by atoms with Crippen molar-refractivity contribution in [1.29, 1.82) is 0 Å². The van der Waals surface area contributed by atoms with Crippen LogP contribution in [0.2, 0.25) is 0 Å². The van der Waals surface area contributed by atoms with Crippen molar-refractivity contribution in [3.63, 3.8) is 0 Å². The van der Waals surface area contributed by atoms with Gasteiger partial charge in [0.15, 0.2) is 5.78 Å². The van der Waals surface area contributed by atoms with Gasteiger partial charge in [0.25, 0.3) is 0 Å². The fraction of sp³-hybridized carbons (Fsp3) is 0.818. The maximum atomic E-state index is 13.2. The monoisotopic (exact) mass is 400 g/mol. The predicted octanol–water partition coefficient (Wildman–Crippen LogP) is 3.29. The minimum atomic E-state index is -1.28. The van der Waals surface area contributed by atoms with Gasteiger partial charge in [-0.3, -0.25) is 9.59 Å². The lowest BCUT2D eigenvalue weighted by Crippen LogP contribution is -2.32. The molecule has 0 bridgehead atoms. The summed E-state index contributed by atoms with van der Waals surface area (Å²) in [6.07, 6.45) is 9.42. The zero-order chi connectivity index (χ0) is 21.0. The molecule has 1 aliphatic rings. The van der Waals surface area contributed by atoms with Crippen LogP contribution in [0, 0.1) is 11.8 Å². The first-order chi connectivity index (χ1) is 13.4. The molecule has 1 rings (SSSR count). The molecule has 1 saturated carbocycles. The van der Waals surface area contributed by atoms with E-state index in [4.69, 9.17) is 5.11 Å². The first-order valence-electron chi connectivity index (χ1n) is 10.7. The Morgan fingerprint density at radius 3 is 2.57 bits per heavy atom. The third kappa shape index (κ3) is 8.50. The van der Waals surface area contributed by atoms with Gasteiger partial charge in [-0.2, -0.15) is 0 Å². The van der Waals surface area contributed by atoms with E-state index in [1.807, 2.05) is 6.92 Å². The molecule has 1 unspecified atom stereocenters. The number of carbonyl (C=O) groups is 2. The number of ketones is 2. The van der Waals surface area contributed by atoms with E-state index in [9.17, 15) is 24.2 Å². The summed E-state index contributed by atoms with van der Waals surface area (Å²) < 4.78 is 13.2. The van der Waals surface area contributed by atoms with E-state index >= 15 is 0 Å². The summed E-state index contributed by atoms with van der Waals surface area (Å²) in [6, 6.07) is 0. The molecule has 0 aromatic rings. The molecular weight excluding hydrogens is 363 g/mol. The second kappa shape index (κ2) is 13.2. The van der Waals surface area contributed by atoms with E-state index < -0.39 is 25.0 Å². The number of hydrogen-bond acceptors (Lipinski definition) is 5. The summed E-state index contributed by atoms with van der Waals surface area (Å²) in [4.78, 5) is 23.2. The Morgan fingerprint density at radius 1 is 1.21 bits per heavy atom. The van der Waals surface area contributed by atoms with E-state index in [0.29, 0.717) is 38.5 Å². The summed E-state index contributed by atoms with van der Waals surface area (Å²) in [7, 11) is 0. The van der Waals surface area contributed by atoms with E-state index in [1.165, 1.54) is 6.08 Å². The van der Waals surface area contributed by atoms with Crippen LogP contribution >= 0.6 is 0 Å². The lowest BCUT2D eigenvalue weighted by molar-refractivity contribution is -0.121. The molecule has 1 aliphatic carbocycles. The second-order valence-corrected chi connectivity index (χ2v) is 8.17. The minimum absolute atomic E-state index is 0.0928. The molecule has 0 saturated heterocycles. The maximum Gasteiger partial charge on any atom is 0.180 e. The first kappa shape index (κ1) is 24.9. The summed E-state index contributed by atoms with van der Waals surface area (Å²) >= 11 is 0. The van der Waals surface area contributed by atoms with Crippen molar-refractivity contribution < 1.29 is 29.3 Å². The Labute approximate surface area is 168 Å². The molecule has 3 N–H and O–H groups in total. The highest BCUT2D eigenvalue weighted by molar-refractivity contribution is 5.90. The van der Waals surface area contributed by atoms with E-state index in [-0.39, 0.29) is 29.8 Å². The van der Waals surface area contributed by atoms with Gasteiger partial charge >= 0.3 is 0 Å². The van der Waals surface area contributed by atoms with Gasteiger partial charge in [0, 0.05) is 12.3 Å². The molecule has 6 heteroatoms. The number of allylic oxidation sites excluding steroid dienone is 1. The number of aliphatic hydroxyl groups excluding tert-OH is 2. The van der Waals surface area contributed by atoms with E-state index in [0.717, 1.165) is 25.7 Å². The van der Waals surface area contributed by atoms with Gasteiger partial charge in [-0.05, 0) is 50.5 Å². The fourth-order valence-electron chi connectivity index (χ4n) is 4.11. The van der Waals surface area contributed by atoms with Crippen LogP contribution in [0.4, 0.5) is 4.39 Å². The molecule has 28 heavy (non-hydrogen) atoms. The van der Waals surface area contributed by atoms with Crippen LogP contribution in [0.25, 0.3) is 0 Å². The fourth-order valence-corrected chi connectivity index (χ4v) is 4.11. The average Bonchev–Trinajstić information content (AvgIpc) is 2.95. The van der Waals surface area contributed by atoms with Gasteiger partial charge < -0.3 is 15.3 Å². The lowest BCUT2D eigenvalue weighted by Gasteiger charge is -2.27. The molecule has 162 valence electrons. The Bertz CT molecular complexity index is 507.